The Kier molecular flexibility index (Phi) is 5.79. The highest BCUT2D eigenvalue weighted by molar-refractivity contribution is 6.05. The van der Waals surface area contributed by atoms with Crippen LogP contribution in [0.5, 0.6) is 11.5 Å². The van der Waals surface area contributed by atoms with Crippen molar-refractivity contribution in [2.75, 3.05) is 12.4 Å². The number of nitrogens with one attached hydrogen (secondary N) is 1. The average Bonchev–Trinajstić information content (AvgIpc) is 2.92. The molecule has 4 aromatic rings. The van der Waals surface area contributed by atoms with Crippen molar-refractivity contribution < 1.29 is 19.1 Å². The Balaban J connectivity index is 1.47. The predicted molar refractivity (Wildman–Crippen MR) is 149 cm³/mol. The topological polar surface area (TPSA) is 64.6 Å². The van der Waals surface area contributed by atoms with Gasteiger partial charge in [0.15, 0.2) is 17.3 Å². The molecule has 0 saturated heterocycles. The maximum Gasteiger partial charge on any atom is 0.343 e. The van der Waals surface area contributed by atoms with E-state index in [9.17, 15) is 9.59 Å². The molecule has 190 valence electrons. The van der Waals surface area contributed by atoms with Crippen LogP contribution in [0.2, 0.25) is 0 Å². The number of rotatable bonds is 4. The molecule has 1 aliphatic carbocycles. The smallest absolute Gasteiger partial charge is 0.343 e. The van der Waals surface area contributed by atoms with Crippen LogP contribution >= 0.6 is 0 Å². The van der Waals surface area contributed by atoms with Crippen LogP contribution in [0.4, 0.5) is 5.69 Å². The number of ether oxygens (including phenoxy) is 2. The minimum Gasteiger partial charge on any atom is -0.493 e. The fourth-order valence-electron chi connectivity index (χ4n) is 5.78. The number of allylic oxidation sites excluding steroid dienone is 2. The molecule has 2 aliphatic rings. The van der Waals surface area contributed by atoms with Gasteiger partial charge in [-0.2, -0.15) is 0 Å². The zero-order chi connectivity index (χ0) is 26.4. The number of hydrogen-bond acceptors (Lipinski definition) is 5. The van der Waals surface area contributed by atoms with Gasteiger partial charge in [0.05, 0.1) is 18.4 Å². The van der Waals surface area contributed by atoms with Crippen LogP contribution < -0.4 is 14.8 Å². The molecule has 6 rings (SSSR count). The fourth-order valence-corrected chi connectivity index (χ4v) is 5.78. The zero-order valence-corrected chi connectivity index (χ0v) is 21.7. The second-order valence-corrected chi connectivity index (χ2v) is 10.8. The quantitative estimate of drug-likeness (QED) is 0.234. The molecule has 0 aromatic heterocycles. The van der Waals surface area contributed by atoms with E-state index in [0.29, 0.717) is 23.5 Å². The molecule has 0 bridgehead atoms. The summed E-state index contributed by atoms with van der Waals surface area (Å²) in [7, 11) is 1.56. The molecular formula is C33H29NO4. The normalized spacial score (nSPS) is 17.9. The van der Waals surface area contributed by atoms with Gasteiger partial charge in [-0.05, 0) is 52.6 Å². The van der Waals surface area contributed by atoms with Gasteiger partial charge in [-0.1, -0.05) is 74.5 Å². The second kappa shape index (κ2) is 9.18. The van der Waals surface area contributed by atoms with E-state index in [2.05, 4.69) is 43.4 Å². The van der Waals surface area contributed by atoms with E-state index in [1.54, 1.807) is 37.4 Å². The van der Waals surface area contributed by atoms with Gasteiger partial charge >= 0.3 is 5.97 Å². The minimum atomic E-state index is -0.454. The van der Waals surface area contributed by atoms with Crippen molar-refractivity contribution in [2.24, 2.45) is 5.41 Å². The Morgan fingerprint density at radius 2 is 1.66 bits per heavy atom. The standard InChI is InChI=1S/C33H29NO4/c1-33(2)18-25-30(26(35)19-33)29(24-15-13-20-9-7-8-12-23(20)31(24)34-25)22-14-16-27(28(17-22)37-3)38-32(36)21-10-5-4-6-11-21/h4-17,29,34H,18-19H2,1-3H3. The number of fused-ring (bicyclic) bond motifs is 3. The summed E-state index contributed by atoms with van der Waals surface area (Å²) in [6.07, 6.45) is 1.29. The van der Waals surface area contributed by atoms with Crippen molar-refractivity contribution in [1.82, 2.24) is 0 Å². The molecule has 0 saturated carbocycles. The fraction of sp³-hybridized carbons (Fsp3) is 0.212. The zero-order valence-electron chi connectivity index (χ0n) is 21.7. The lowest BCUT2D eigenvalue weighted by atomic mass is 9.68. The summed E-state index contributed by atoms with van der Waals surface area (Å²) in [4.78, 5) is 26.3. The van der Waals surface area contributed by atoms with Crippen molar-refractivity contribution in [2.45, 2.75) is 32.6 Å². The lowest BCUT2D eigenvalue weighted by Crippen LogP contribution is -2.33. The Labute approximate surface area is 222 Å². The first-order chi connectivity index (χ1) is 18.3. The molecule has 0 spiro atoms. The van der Waals surface area contributed by atoms with Gasteiger partial charge in [-0.3, -0.25) is 4.79 Å². The number of carbonyl (C=O) groups is 2. The number of carbonyl (C=O) groups excluding carboxylic acids is 2. The third-order valence-corrected chi connectivity index (χ3v) is 7.49. The van der Waals surface area contributed by atoms with Crippen LogP contribution in [0.15, 0.2) is 96.2 Å². The van der Waals surface area contributed by atoms with Crippen molar-refractivity contribution in [3.05, 3.63) is 113 Å². The van der Waals surface area contributed by atoms with Crippen LogP contribution in [-0.4, -0.2) is 18.9 Å². The molecular weight excluding hydrogens is 474 g/mol. The molecule has 0 fully saturated rings. The number of methoxy groups -OCH3 is 1. The monoisotopic (exact) mass is 503 g/mol. The Morgan fingerprint density at radius 3 is 2.45 bits per heavy atom. The predicted octanol–water partition coefficient (Wildman–Crippen LogP) is 7.27. The number of anilines is 1. The van der Waals surface area contributed by atoms with Gasteiger partial charge < -0.3 is 14.8 Å². The number of ketones is 1. The Hall–Kier alpha value is -4.38. The molecule has 4 aromatic carbocycles. The third kappa shape index (κ3) is 4.14. The molecule has 0 amide bonds. The Bertz CT molecular complexity index is 1620. The van der Waals surface area contributed by atoms with Crippen LogP contribution in [0, 0.1) is 5.41 Å². The minimum absolute atomic E-state index is 0.122. The lowest BCUT2D eigenvalue weighted by Gasteiger charge is -2.40. The molecule has 38 heavy (non-hydrogen) atoms. The largest absolute Gasteiger partial charge is 0.493 e. The highest BCUT2D eigenvalue weighted by Crippen LogP contribution is 2.51. The van der Waals surface area contributed by atoms with Gasteiger partial charge in [-0.25, -0.2) is 4.79 Å². The molecule has 5 heteroatoms. The summed E-state index contributed by atoms with van der Waals surface area (Å²) in [5.74, 6) is 0.222. The highest BCUT2D eigenvalue weighted by Gasteiger charge is 2.41. The van der Waals surface area contributed by atoms with Gasteiger partial charge in [0.2, 0.25) is 0 Å². The van der Waals surface area contributed by atoms with E-state index in [-0.39, 0.29) is 17.1 Å². The van der Waals surface area contributed by atoms with Crippen molar-refractivity contribution in [3.63, 3.8) is 0 Å². The van der Waals surface area contributed by atoms with Crippen LogP contribution in [0.25, 0.3) is 10.8 Å². The maximum atomic E-state index is 13.6. The van der Waals surface area contributed by atoms with Crippen LogP contribution in [0.3, 0.4) is 0 Å². The highest BCUT2D eigenvalue weighted by atomic mass is 16.6. The van der Waals surface area contributed by atoms with Crippen LogP contribution in [-0.2, 0) is 4.79 Å². The average molecular weight is 504 g/mol. The number of Topliss-reactive ketones (excluding diaryl/α,β-unsaturated/α-hetero) is 1. The van der Waals surface area contributed by atoms with E-state index >= 15 is 0 Å². The molecule has 1 aliphatic heterocycles. The summed E-state index contributed by atoms with van der Waals surface area (Å²) in [6.45, 7) is 4.28. The summed E-state index contributed by atoms with van der Waals surface area (Å²) < 4.78 is 11.4. The van der Waals surface area contributed by atoms with E-state index in [1.807, 2.05) is 30.3 Å². The summed E-state index contributed by atoms with van der Waals surface area (Å²) in [6, 6.07) is 27.0. The van der Waals surface area contributed by atoms with Gasteiger partial charge in [-0.15, -0.1) is 0 Å². The Morgan fingerprint density at radius 1 is 0.895 bits per heavy atom. The molecule has 5 nitrogen and oxygen atoms in total. The van der Waals surface area contributed by atoms with E-state index < -0.39 is 5.97 Å². The van der Waals surface area contributed by atoms with Gasteiger partial charge in [0.25, 0.3) is 0 Å². The number of benzene rings is 4. The van der Waals surface area contributed by atoms with Gasteiger partial charge in [0, 0.05) is 29.0 Å². The van der Waals surface area contributed by atoms with Crippen LogP contribution in [0.1, 0.15) is 54.1 Å². The SMILES string of the molecule is COc1cc(C2C3=C(CC(C)(C)CC3=O)Nc3c2ccc2ccccc32)ccc1OC(=O)c1ccccc1. The summed E-state index contributed by atoms with van der Waals surface area (Å²) >= 11 is 0. The van der Waals surface area contributed by atoms with Crippen molar-refractivity contribution in [3.8, 4) is 11.5 Å². The summed E-state index contributed by atoms with van der Waals surface area (Å²) in [5, 5.41) is 5.94. The van der Waals surface area contributed by atoms with E-state index in [0.717, 1.165) is 45.3 Å². The third-order valence-electron chi connectivity index (χ3n) is 7.49. The van der Waals surface area contributed by atoms with E-state index in [1.165, 1.54) is 0 Å². The lowest BCUT2D eigenvalue weighted by molar-refractivity contribution is -0.118. The molecule has 1 unspecified atom stereocenters. The first-order valence-electron chi connectivity index (χ1n) is 12.8. The molecule has 0 radical (unpaired) electrons. The summed E-state index contributed by atoms with van der Waals surface area (Å²) in [5.41, 5.74) is 5.13. The first kappa shape index (κ1) is 24.0. The van der Waals surface area contributed by atoms with E-state index in [4.69, 9.17) is 9.47 Å². The first-order valence-corrected chi connectivity index (χ1v) is 12.8. The molecule has 1 heterocycles. The number of esters is 1. The molecule has 1 atom stereocenters. The van der Waals surface area contributed by atoms with Crippen molar-refractivity contribution in [1.29, 1.82) is 0 Å². The second-order valence-electron chi connectivity index (χ2n) is 10.8. The van der Waals surface area contributed by atoms with Crippen molar-refractivity contribution >= 4 is 28.2 Å². The molecule has 1 N–H and O–H groups in total. The van der Waals surface area contributed by atoms with Gasteiger partial charge in [0.1, 0.15) is 0 Å². The number of hydrogen-bond donors (Lipinski definition) is 1. The maximum absolute atomic E-state index is 13.6.